The van der Waals surface area contributed by atoms with Crippen LogP contribution in [0.5, 0.6) is 11.5 Å². The predicted molar refractivity (Wildman–Crippen MR) is 85.5 cm³/mol. The SMILES string of the molecule is C#Cc1c(F)ccc2cc(O)c(OC)c(C(C)C)c12.CC. The van der Waals surface area contributed by atoms with Crippen molar-refractivity contribution in [2.45, 2.75) is 33.6 Å². The molecule has 0 spiro atoms. The molecule has 0 saturated heterocycles. The maximum Gasteiger partial charge on any atom is 0.164 e. The molecule has 2 nitrogen and oxygen atoms in total. The molecule has 0 bridgehead atoms. The molecule has 2 aromatic carbocycles. The second-order valence-corrected chi connectivity index (χ2v) is 4.66. The zero-order valence-corrected chi connectivity index (χ0v) is 13.1. The first-order valence-corrected chi connectivity index (χ1v) is 7.00. The summed E-state index contributed by atoms with van der Waals surface area (Å²) in [6.45, 7) is 7.89. The molecule has 0 radical (unpaired) electrons. The quantitative estimate of drug-likeness (QED) is 0.802. The van der Waals surface area contributed by atoms with Gasteiger partial charge in [0.2, 0.25) is 0 Å². The fraction of sp³-hybridized carbons (Fsp3) is 0.333. The molecule has 2 aromatic rings. The third-order valence-corrected chi connectivity index (χ3v) is 3.15. The standard InChI is InChI=1S/C16H15FO2.C2H6/c1-5-11-12(17)7-6-10-8-13(18)16(19-4)14(9(2)3)15(10)11;1-2/h1,6-9,18H,2-4H3;1-2H3. The van der Waals surface area contributed by atoms with Gasteiger partial charge in [0, 0.05) is 10.9 Å². The van der Waals surface area contributed by atoms with Gasteiger partial charge in [-0.25, -0.2) is 4.39 Å². The molecule has 3 heteroatoms. The molecule has 0 aromatic heterocycles. The van der Waals surface area contributed by atoms with Crippen molar-refractivity contribution in [1.82, 2.24) is 0 Å². The van der Waals surface area contributed by atoms with E-state index in [4.69, 9.17) is 11.2 Å². The van der Waals surface area contributed by atoms with Crippen LogP contribution in [0.1, 0.15) is 44.7 Å². The molecule has 0 fully saturated rings. The zero-order chi connectivity index (χ0) is 16.2. The van der Waals surface area contributed by atoms with Crippen LogP contribution in [0, 0.1) is 18.2 Å². The molecule has 0 aliphatic heterocycles. The normalized spacial score (nSPS) is 10.0. The number of methoxy groups -OCH3 is 1. The van der Waals surface area contributed by atoms with Crippen LogP contribution in [0.2, 0.25) is 0 Å². The van der Waals surface area contributed by atoms with Crippen molar-refractivity contribution in [3.63, 3.8) is 0 Å². The maximum absolute atomic E-state index is 13.9. The van der Waals surface area contributed by atoms with Gasteiger partial charge in [-0.1, -0.05) is 39.7 Å². The fourth-order valence-electron chi connectivity index (χ4n) is 2.37. The van der Waals surface area contributed by atoms with E-state index in [0.717, 1.165) is 5.56 Å². The number of halogens is 1. The van der Waals surface area contributed by atoms with E-state index in [1.54, 1.807) is 12.1 Å². The van der Waals surface area contributed by atoms with E-state index < -0.39 is 5.82 Å². The number of rotatable bonds is 2. The summed E-state index contributed by atoms with van der Waals surface area (Å²) < 4.78 is 19.1. The van der Waals surface area contributed by atoms with Gasteiger partial charge in [0.1, 0.15) is 5.82 Å². The Kier molecular flexibility index (Phi) is 5.60. The summed E-state index contributed by atoms with van der Waals surface area (Å²) in [5.74, 6) is 2.38. The first-order chi connectivity index (χ1) is 10.0. The van der Waals surface area contributed by atoms with Crippen LogP contribution in [0.4, 0.5) is 4.39 Å². The highest BCUT2D eigenvalue weighted by atomic mass is 19.1. The summed E-state index contributed by atoms with van der Waals surface area (Å²) in [6, 6.07) is 4.46. The molecule has 0 aliphatic rings. The van der Waals surface area contributed by atoms with Gasteiger partial charge in [-0.05, 0) is 23.4 Å². The number of terminal acetylenes is 1. The van der Waals surface area contributed by atoms with E-state index in [-0.39, 0.29) is 17.2 Å². The van der Waals surface area contributed by atoms with Crippen molar-refractivity contribution in [2.24, 2.45) is 0 Å². The van der Waals surface area contributed by atoms with E-state index >= 15 is 0 Å². The summed E-state index contributed by atoms with van der Waals surface area (Å²) in [5, 5.41) is 11.3. The highest BCUT2D eigenvalue weighted by Crippen LogP contribution is 2.42. The number of hydrogen-bond donors (Lipinski definition) is 1. The van der Waals surface area contributed by atoms with E-state index in [9.17, 15) is 9.50 Å². The maximum atomic E-state index is 13.9. The molecule has 21 heavy (non-hydrogen) atoms. The number of fused-ring (bicyclic) bond motifs is 1. The first kappa shape index (κ1) is 16.8. The predicted octanol–water partition coefficient (Wildman–Crippen LogP) is 4.82. The zero-order valence-electron chi connectivity index (χ0n) is 13.1. The van der Waals surface area contributed by atoms with Gasteiger partial charge in [-0.2, -0.15) is 0 Å². The summed E-state index contributed by atoms with van der Waals surface area (Å²) in [7, 11) is 1.47. The third kappa shape index (κ3) is 2.95. The van der Waals surface area contributed by atoms with E-state index in [1.165, 1.54) is 13.2 Å². The second-order valence-electron chi connectivity index (χ2n) is 4.66. The van der Waals surface area contributed by atoms with Crippen molar-refractivity contribution in [2.75, 3.05) is 7.11 Å². The number of phenolic OH excluding ortho intramolecular Hbond substituents is 1. The molecule has 0 heterocycles. The Morgan fingerprint density at radius 2 is 1.90 bits per heavy atom. The van der Waals surface area contributed by atoms with Gasteiger partial charge in [-0.15, -0.1) is 6.42 Å². The van der Waals surface area contributed by atoms with Gasteiger partial charge >= 0.3 is 0 Å². The molecule has 2 rings (SSSR count). The van der Waals surface area contributed by atoms with Gasteiger partial charge in [0.25, 0.3) is 0 Å². The number of phenols is 1. The molecule has 112 valence electrons. The Labute approximate surface area is 125 Å². The third-order valence-electron chi connectivity index (χ3n) is 3.15. The van der Waals surface area contributed by atoms with E-state index in [0.29, 0.717) is 16.5 Å². The van der Waals surface area contributed by atoms with Crippen LogP contribution in [0.25, 0.3) is 10.8 Å². The monoisotopic (exact) mass is 288 g/mol. The van der Waals surface area contributed by atoms with Gasteiger partial charge in [0.15, 0.2) is 11.5 Å². The van der Waals surface area contributed by atoms with Crippen molar-refractivity contribution in [3.05, 3.63) is 35.1 Å². The molecule has 0 unspecified atom stereocenters. The van der Waals surface area contributed by atoms with Gasteiger partial charge in [0.05, 0.1) is 12.7 Å². The Morgan fingerprint density at radius 3 is 2.38 bits per heavy atom. The fourth-order valence-corrected chi connectivity index (χ4v) is 2.37. The summed E-state index contributed by atoms with van der Waals surface area (Å²) in [4.78, 5) is 0. The lowest BCUT2D eigenvalue weighted by Crippen LogP contribution is -1.99. The van der Waals surface area contributed by atoms with Gasteiger partial charge in [-0.3, -0.25) is 0 Å². The average molecular weight is 288 g/mol. The second kappa shape index (κ2) is 6.99. The molecule has 0 atom stereocenters. The molecular weight excluding hydrogens is 267 g/mol. The van der Waals surface area contributed by atoms with Crippen molar-refractivity contribution < 1.29 is 14.2 Å². The largest absolute Gasteiger partial charge is 0.504 e. The van der Waals surface area contributed by atoms with Crippen LogP contribution in [0.3, 0.4) is 0 Å². The van der Waals surface area contributed by atoms with E-state index in [2.05, 4.69) is 5.92 Å². The van der Waals surface area contributed by atoms with Crippen LogP contribution in [0.15, 0.2) is 18.2 Å². The minimum absolute atomic E-state index is 0.0354. The van der Waals surface area contributed by atoms with E-state index in [1.807, 2.05) is 27.7 Å². The van der Waals surface area contributed by atoms with Crippen molar-refractivity contribution in [1.29, 1.82) is 0 Å². The van der Waals surface area contributed by atoms with Crippen LogP contribution < -0.4 is 4.74 Å². The summed E-state index contributed by atoms with van der Waals surface area (Å²) >= 11 is 0. The molecular formula is C18H21FO2. The minimum atomic E-state index is -0.440. The Morgan fingerprint density at radius 1 is 1.29 bits per heavy atom. The minimum Gasteiger partial charge on any atom is -0.504 e. The Balaban J connectivity index is 0.00000106. The lowest BCUT2D eigenvalue weighted by molar-refractivity contribution is 0.369. The molecule has 0 amide bonds. The van der Waals surface area contributed by atoms with Gasteiger partial charge < -0.3 is 9.84 Å². The number of hydrogen-bond acceptors (Lipinski definition) is 2. The average Bonchev–Trinajstić information content (AvgIpc) is 2.48. The molecule has 0 saturated carbocycles. The van der Waals surface area contributed by atoms with Crippen LogP contribution in [-0.2, 0) is 0 Å². The lowest BCUT2D eigenvalue weighted by atomic mass is 9.91. The topological polar surface area (TPSA) is 29.5 Å². The van der Waals surface area contributed by atoms with Crippen molar-refractivity contribution in [3.8, 4) is 23.8 Å². The van der Waals surface area contributed by atoms with Crippen LogP contribution >= 0.6 is 0 Å². The first-order valence-electron chi connectivity index (χ1n) is 7.00. The number of aromatic hydroxyl groups is 1. The highest BCUT2D eigenvalue weighted by molar-refractivity contribution is 5.95. The molecule has 0 aliphatic carbocycles. The summed E-state index contributed by atoms with van der Waals surface area (Å²) in [6.07, 6.45) is 5.42. The Hall–Kier alpha value is -2.21. The molecule has 1 N–H and O–H groups in total. The summed E-state index contributed by atoms with van der Waals surface area (Å²) in [5.41, 5.74) is 0.935. The Bertz CT molecular complexity index is 682. The van der Waals surface area contributed by atoms with Crippen LogP contribution in [-0.4, -0.2) is 12.2 Å². The highest BCUT2D eigenvalue weighted by Gasteiger charge is 2.20. The van der Waals surface area contributed by atoms with Crippen molar-refractivity contribution >= 4 is 10.8 Å². The lowest BCUT2D eigenvalue weighted by Gasteiger charge is -2.18. The smallest absolute Gasteiger partial charge is 0.164 e. The number of ether oxygens (including phenoxy) is 1. The number of benzene rings is 2.